The van der Waals surface area contributed by atoms with Gasteiger partial charge in [0.15, 0.2) is 0 Å². The van der Waals surface area contributed by atoms with Crippen molar-refractivity contribution in [2.75, 3.05) is 13.1 Å². The monoisotopic (exact) mass is 240 g/mol. The molecule has 2 heterocycles. The molecule has 2 fully saturated rings. The Morgan fingerprint density at radius 1 is 1.53 bits per heavy atom. The first-order chi connectivity index (χ1) is 7.95. The fourth-order valence-electron chi connectivity index (χ4n) is 2.54. The van der Waals surface area contributed by atoms with Gasteiger partial charge in [-0.15, -0.1) is 0 Å². The molecule has 0 aromatic carbocycles. The highest BCUT2D eigenvalue weighted by molar-refractivity contribution is 5.93. The van der Waals surface area contributed by atoms with Gasteiger partial charge in [-0.3, -0.25) is 9.59 Å². The van der Waals surface area contributed by atoms with Gasteiger partial charge in [0.1, 0.15) is 5.54 Å². The van der Waals surface area contributed by atoms with Crippen LogP contribution in [0, 0.1) is 5.92 Å². The summed E-state index contributed by atoms with van der Waals surface area (Å²) in [5.74, 6) is -1.73. The zero-order chi connectivity index (χ0) is 12.6. The SMILES string of the molecule is CC1(C(=O)O)CCCN1C(=O)C1CNC(=O)C1. The molecule has 2 N–H and O–H groups in total. The molecule has 2 saturated heterocycles. The van der Waals surface area contributed by atoms with E-state index in [4.69, 9.17) is 0 Å². The minimum atomic E-state index is -1.11. The summed E-state index contributed by atoms with van der Waals surface area (Å²) in [6, 6.07) is 0. The van der Waals surface area contributed by atoms with Crippen LogP contribution in [-0.2, 0) is 14.4 Å². The van der Waals surface area contributed by atoms with E-state index in [0.717, 1.165) is 0 Å². The van der Waals surface area contributed by atoms with Gasteiger partial charge in [0.05, 0.1) is 5.92 Å². The Labute approximate surface area is 99.0 Å². The smallest absolute Gasteiger partial charge is 0.329 e. The second-order valence-electron chi connectivity index (χ2n) is 4.88. The number of hydrogen-bond acceptors (Lipinski definition) is 3. The molecule has 2 atom stereocenters. The van der Waals surface area contributed by atoms with E-state index in [9.17, 15) is 19.5 Å². The summed E-state index contributed by atoms with van der Waals surface area (Å²) in [5.41, 5.74) is -1.11. The van der Waals surface area contributed by atoms with Crippen molar-refractivity contribution in [3.05, 3.63) is 0 Å². The molecule has 6 nitrogen and oxygen atoms in total. The van der Waals surface area contributed by atoms with Gasteiger partial charge in [0.25, 0.3) is 0 Å². The van der Waals surface area contributed by atoms with Gasteiger partial charge in [-0.25, -0.2) is 4.79 Å². The lowest BCUT2D eigenvalue weighted by Gasteiger charge is -2.32. The van der Waals surface area contributed by atoms with Crippen LogP contribution in [-0.4, -0.2) is 46.4 Å². The lowest BCUT2D eigenvalue weighted by atomic mass is 9.97. The highest BCUT2D eigenvalue weighted by Crippen LogP contribution is 2.31. The number of likely N-dealkylation sites (tertiary alicyclic amines) is 1. The zero-order valence-electron chi connectivity index (χ0n) is 9.73. The van der Waals surface area contributed by atoms with E-state index < -0.39 is 17.4 Å². The molecular weight excluding hydrogens is 224 g/mol. The van der Waals surface area contributed by atoms with Crippen molar-refractivity contribution in [1.82, 2.24) is 10.2 Å². The van der Waals surface area contributed by atoms with Crippen LogP contribution in [0.2, 0.25) is 0 Å². The maximum atomic E-state index is 12.2. The van der Waals surface area contributed by atoms with Crippen molar-refractivity contribution >= 4 is 17.8 Å². The van der Waals surface area contributed by atoms with E-state index in [1.54, 1.807) is 6.92 Å². The number of carbonyl (C=O) groups is 3. The number of nitrogens with zero attached hydrogens (tertiary/aromatic N) is 1. The van der Waals surface area contributed by atoms with Gasteiger partial charge in [-0.05, 0) is 19.8 Å². The largest absolute Gasteiger partial charge is 0.480 e. The maximum Gasteiger partial charge on any atom is 0.329 e. The van der Waals surface area contributed by atoms with Crippen molar-refractivity contribution in [3.8, 4) is 0 Å². The Morgan fingerprint density at radius 2 is 2.24 bits per heavy atom. The van der Waals surface area contributed by atoms with Crippen LogP contribution in [0.25, 0.3) is 0 Å². The first-order valence-corrected chi connectivity index (χ1v) is 5.77. The number of carbonyl (C=O) groups excluding carboxylic acids is 2. The third kappa shape index (κ3) is 1.87. The van der Waals surface area contributed by atoms with Crippen molar-refractivity contribution in [2.45, 2.75) is 31.7 Å². The van der Waals surface area contributed by atoms with E-state index in [0.29, 0.717) is 25.9 Å². The molecule has 0 bridgehead atoms. The minimum Gasteiger partial charge on any atom is -0.480 e. The standard InChI is InChI=1S/C11H16N2O4/c1-11(10(16)17)3-2-4-13(11)9(15)7-5-8(14)12-6-7/h7H,2-6H2,1H3,(H,12,14)(H,16,17). The van der Waals surface area contributed by atoms with Gasteiger partial charge < -0.3 is 15.3 Å². The first kappa shape index (κ1) is 11.9. The summed E-state index contributed by atoms with van der Waals surface area (Å²) in [5, 5.41) is 11.8. The molecule has 0 spiro atoms. The third-order valence-electron chi connectivity index (χ3n) is 3.69. The van der Waals surface area contributed by atoms with Gasteiger partial charge >= 0.3 is 5.97 Å². The number of nitrogens with one attached hydrogen (secondary N) is 1. The van der Waals surface area contributed by atoms with E-state index in [1.807, 2.05) is 0 Å². The highest BCUT2D eigenvalue weighted by atomic mass is 16.4. The molecule has 2 rings (SSSR count). The molecular formula is C11H16N2O4. The summed E-state index contributed by atoms with van der Waals surface area (Å²) in [6.07, 6.45) is 1.34. The van der Waals surface area contributed by atoms with Crippen LogP contribution in [0.4, 0.5) is 0 Å². The summed E-state index contributed by atoms with van der Waals surface area (Å²) in [6.45, 7) is 2.36. The minimum absolute atomic E-state index is 0.139. The predicted octanol–water partition coefficient (Wildman–Crippen LogP) is -0.412. The van der Waals surface area contributed by atoms with Crippen molar-refractivity contribution < 1.29 is 19.5 Å². The molecule has 17 heavy (non-hydrogen) atoms. The van der Waals surface area contributed by atoms with Gasteiger partial charge in [-0.2, -0.15) is 0 Å². The second-order valence-corrected chi connectivity index (χ2v) is 4.88. The maximum absolute atomic E-state index is 12.2. The zero-order valence-corrected chi connectivity index (χ0v) is 9.73. The fourth-order valence-corrected chi connectivity index (χ4v) is 2.54. The molecule has 94 valence electrons. The number of rotatable bonds is 2. The van der Waals surface area contributed by atoms with Gasteiger partial charge in [0.2, 0.25) is 11.8 Å². The van der Waals surface area contributed by atoms with Crippen LogP contribution in [0.3, 0.4) is 0 Å². The van der Waals surface area contributed by atoms with E-state index in [-0.39, 0.29) is 18.2 Å². The highest BCUT2D eigenvalue weighted by Gasteiger charge is 2.48. The molecule has 0 radical (unpaired) electrons. The Balaban J connectivity index is 2.14. The fraction of sp³-hybridized carbons (Fsp3) is 0.727. The van der Waals surface area contributed by atoms with Crippen LogP contribution in [0.15, 0.2) is 0 Å². The molecule has 0 aliphatic carbocycles. The topological polar surface area (TPSA) is 86.7 Å². The van der Waals surface area contributed by atoms with E-state index in [1.165, 1.54) is 4.90 Å². The molecule has 2 aliphatic heterocycles. The molecule has 0 aromatic rings. The van der Waals surface area contributed by atoms with E-state index in [2.05, 4.69) is 5.32 Å². The molecule has 6 heteroatoms. The average molecular weight is 240 g/mol. The average Bonchev–Trinajstić information content (AvgIpc) is 2.85. The summed E-state index contributed by atoms with van der Waals surface area (Å²) in [7, 11) is 0. The molecule has 2 unspecified atom stereocenters. The number of aliphatic carboxylic acids is 1. The quantitative estimate of drug-likeness (QED) is 0.687. The normalized spacial score (nSPS) is 32.6. The van der Waals surface area contributed by atoms with Crippen LogP contribution >= 0.6 is 0 Å². The first-order valence-electron chi connectivity index (χ1n) is 5.77. The molecule has 2 aliphatic rings. The van der Waals surface area contributed by atoms with Gasteiger partial charge in [0, 0.05) is 19.5 Å². The predicted molar refractivity (Wildman–Crippen MR) is 58.1 cm³/mol. The van der Waals surface area contributed by atoms with Crippen molar-refractivity contribution in [3.63, 3.8) is 0 Å². The molecule has 2 amide bonds. The number of carboxylic acids is 1. The van der Waals surface area contributed by atoms with Gasteiger partial charge in [-0.1, -0.05) is 0 Å². The lowest BCUT2D eigenvalue weighted by Crippen LogP contribution is -2.52. The third-order valence-corrected chi connectivity index (χ3v) is 3.69. The summed E-state index contributed by atoms with van der Waals surface area (Å²) >= 11 is 0. The Bertz CT molecular complexity index is 382. The Kier molecular flexibility index (Phi) is 2.81. The number of carboxylic acid groups (broad SMARTS) is 1. The summed E-state index contributed by atoms with van der Waals surface area (Å²) in [4.78, 5) is 35.9. The van der Waals surface area contributed by atoms with E-state index >= 15 is 0 Å². The molecule has 0 saturated carbocycles. The van der Waals surface area contributed by atoms with Crippen LogP contribution < -0.4 is 5.32 Å². The van der Waals surface area contributed by atoms with Crippen molar-refractivity contribution in [1.29, 1.82) is 0 Å². The number of amides is 2. The van der Waals surface area contributed by atoms with Crippen LogP contribution in [0.1, 0.15) is 26.2 Å². The van der Waals surface area contributed by atoms with Crippen molar-refractivity contribution in [2.24, 2.45) is 5.92 Å². The molecule has 0 aromatic heterocycles. The Hall–Kier alpha value is -1.59. The Morgan fingerprint density at radius 3 is 2.76 bits per heavy atom. The van der Waals surface area contributed by atoms with Crippen LogP contribution in [0.5, 0.6) is 0 Å². The number of hydrogen-bond donors (Lipinski definition) is 2. The lowest BCUT2D eigenvalue weighted by molar-refractivity contribution is -0.156. The summed E-state index contributed by atoms with van der Waals surface area (Å²) < 4.78 is 0. The second kappa shape index (κ2) is 4.01.